The molecule has 0 unspecified atom stereocenters. The molecule has 0 aliphatic carbocycles. The Morgan fingerprint density at radius 3 is 2.35 bits per heavy atom. The molecule has 86 valence electrons. The molecule has 0 N–H and O–H groups in total. The number of ketones is 1. The van der Waals surface area contributed by atoms with Crippen LogP contribution in [-0.2, 0) is 0 Å². The van der Waals surface area contributed by atoms with Crippen molar-refractivity contribution in [2.45, 2.75) is 0 Å². The molecule has 0 heterocycles. The van der Waals surface area contributed by atoms with Gasteiger partial charge < -0.3 is 0 Å². The predicted octanol–water partition coefficient (Wildman–Crippen LogP) is 3.80. The molecule has 0 fully saturated rings. The van der Waals surface area contributed by atoms with Gasteiger partial charge >= 0.3 is 0 Å². The van der Waals surface area contributed by atoms with Crippen LogP contribution in [0.25, 0.3) is 0 Å². The monoisotopic (exact) mass is 344 g/mol. The van der Waals surface area contributed by atoms with Crippen LogP contribution >= 0.6 is 22.6 Å². The number of carbonyl (C=O) groups is 1. The normalized spacial score (nSPS) is 10.3. The Morgan fingerprint density at radius 1 is 1.00 bits per heavy atom. The second kappa shape index (κ2) is 4.91. The second-order valence-electron chi connectivity index (χ2n) is 3.44. The first kappa shape index (κ1) is 12.2. The molecule has 0 radical (unpaired) electrons. The summed E-state index contributed by atoms with van der Waals surface area (Å²) in [5.41, 5.74) is 0.632. The molecule has 1 nitrogen and oxygen atoms in total. The van der Waals surface area contributed by atoms with E-state index >= 15 is 0 Å². The number of halogens is 3. The van der Waals surface area contributed by atoms with Crippen molar-refractivity contribution >= 4 is 28.4 Å². The number of hydrogen-bond donors (Lipinski definition) is 0. The highest BCUT2D eigenvalue weighted by Crippen LogP contribution is 2.17. The van der Waals surface area contributed by atoms with E-state index in [1.165, 1.54) is 6.07 Å². The summed E-state index contributed by atoms with van der Waals surface area (Å²) in [5, 5.41) is 0. The average molecular weight is 344 g/mol. The van der Waals surface area contributed by atoms with E-state index < -0.39 is 11.6 Å². The molecule has 2 rings (SSSR count). The summed E-state index contributed by atoms with van der Waals surface area (Å²) < 4.78 is 26.6. The molecule has 0 saturated carbocycles. The molecule has 17 heavy (non-hydrogen) atoms. The number of hydrogen-bond acceptors (Lipinski definition) is 1. The predicted molar refractivity (Wildman–Crippen MR) is 68.9 cm³/mol. The van der Waals surface area contributed by atoms with Gasteiger partial charge in [-0.2, -0.15) is 0 Å². The molecule has 0 amide bonds. The lowest BCUT2D eigenvalue weighted by atomic mass is 10.0. The van der Waals surface area contributed by atoms with Gasteiger partial charge in [-0.15, -0.1) is 0 Å². The highest BCUT2D eigenvalue weighted by Gasteiger charge is 2.13. The smallest absolute Gasteiger partial charge is 0.194 e. The summed E-state index contributed by atoms with van der Waals surface area (Å²) >= 11 is 2.03. The molecule has 0 aliphatic heterocycles. The largest absolute Gasteiger partial charge is 0.289 e. The Balaban J connectivity index is 2.44. The maximum absolute atomic E-state index is 13.0. The molecule has 2 aromatic rings. The van der Waals surface area contributed by atoms with Crippen LogP contribution in [-0.4, -0.2) is 5.78 Å². The van der Waals surface area contributed by atoms with Crippen LogP contribution in [0.3, 0.4) is 0 Å². The lowest BCUT2D eigenvalue weighted by Gasteiger charge is -2.04. The summed E-state index contributed by atoms with van der Waals surface area (Å²) in [6.07, 6.45) is 0. The minimum Gasteiger partial charge on any atom is -0.289 e. The number of benzene rings is 2. The van der Waals surface area contributed by atoms with Crippen molar-refractivity contribution in [3.63, 3.8) is 0 Å². The molecule has 0 atom stereocenters. The lowest BCUT2D eigenvalue weighted by Crippen LogP contribution is -2.04. The first-order valence-electron chi connectivity index (χ1n) is 4.84. The molecule has 2 aromatic carbocycles. The maximum atomic E-state index is 13.0. The van der Waals surface area contributed by atoms with Crippen LogP contribution in [0.5, 0.6) is 0 Å². The van der Waals surface area contributed by atoms with Crippen LogP contribution in [0.4, 0.5) is 8.78 Å². The quantitative estimate of drug-likeness (QED) is 0.598. The zero-order valence-corrected chi connectivity index (χ0v) is 10.7. The van der Waals surface area contributed by atoms with Gasteiger partial charge in [0.25, 0.3) is 0 Å². The summed E-state index contributed by atoms with van der Waals surface area (Å²) in [7, 11) is 0. The fraction of sp³-hybridized carbons (Fsp3) is 0. The average Bonchev–Trinajstić information content (AvgIpc) is 2.32. The maximum Gasteiger partial charge on any atom is 0.194 e. The van der Waals surface area contributed by atoms with Crippen LogP contribution in [0.1, 0.15) is 15.9 Å². The molecule has 4 heteroatoms. The van der Waals surface area contributed by atoms with Gasteiger partial charge in [-0.3, -0.25) is 4.79 Å². The van der Waals surface area contributed by atoms with E-state index in [0.29, 0.717) is 5.56 Å². The molecule has 0 saturated heterocycles. The van der Waals surface area contributed by atoms with Crippen molar-refractivity contribution in [3.05, 3.63) is 68.8 Å². The van der Waals surface area contributed by atoms with Gasteiger partial charge in [0.05, 0.1) is 0 Å². The van der Waals surface area contributed by atoms with E-state index in [9.17, 15) is 13.6 Å². The Kier molecular flexibility index (Phi) is 3.51. The van der Waals surface area contributed by atoms with Gasteiger partial charge in [-0.1, -0.05) is 12.1 Å². The number of rotatable bonds is 2. The third-order valence-corrected chi connectivity index (χ3v) is 3.24. The fourth-order valence-corrected chi connectivity index (χ4v) is 2.07. The molecule has 0 spiro atoms. The van der Waals surface area contributed by atoms with Crippen molar-refractivity contribution in [1.29, 1.82) is 0 Å². The second-order valence-corrected chi connectivity index (χ2v) is 4.60. The molecule has 0 bridgehead atoms. The van der Waals surface area contributed by atoms with E-state index in [-0.39, 0.29) is 11.3 Å². The van der Waals surface area contributed by atoms with Gasteiger partial charge in [0.2, 0.25) is 0 Å². The minimum atomic E-state index is -1.01. The minimum absolute atomic E-state index is 0.146. The Labute approximate surface area is 111 Å². The third kappa shape index (κ3) is 2.52. The molecular weight excluding hydrogens is 337 g/mol. The van der Waals surface area contributed by atoms with Gasteiger partial charge in [0.1, 0.15) is 0 Å². The topological polar surface area (TPSA) is 17.1 Å². The van der Waals surface area contributed by atoms with Gasteiger partial charge in [0, 0.05) is 14.7 Å². The van der Waals surface area contributed by atoms with Crippen LogP contribution < -0.4 is 0 Å². The first-order valence-corrected chi connectivity index (χ1v) is 5.92. The van der Waals surface area contributed by atoms with E-state index in [1.54, 1.807) is 18.2 Å². The standard InChI is InChI=1S/C13H7F2IO/c14-10-6-5-8(7-11(10)15)13(17)9-3-1-2-4-12(9)16/h1-7H. The Bertz CT molecular complexity index is 581. The van der Waals surface area contributed by atoms with Gasteiger partial charge in [-0.25, -0.2) is 8.78 Å². The van der Waals surface area contributed by atoms with Gasteiger partial charge in [0.15, 0.2) is 17.4 Å². The summed E-state index contributed by atoms with van der Waals surface area (Å²) in [4.78, 5) is 12.0. The van der Waals surface area contributed by atoms with E-state index in [4.69, 9.17) is 0 Å². The highest BCUT2D eigenvalue weighted by molar-refractivity contribution is 14.1. The SMILES string of the molecule is O=C(c1ccc(F)c(F)c1)c1ccccc1I. The third-order valence-electron chi connectivity index (χ3n) is 2.30. The van der Waals surface area contributed by atoms with E-state index in [0.717, 1.165) is 15.7 Å². The van der Waals surface area contributed by atoms with Crippen molar-refractivity contribution in [2.75, 3.05) is 0 Å². The van der Waals surface area contributed by atoms with Crippen LogP contribution in [0.2, 0.25) is 0 Å². The fourth-order valence-electron chi connectivity index (χ4n) is 1.44. The highest BCUT2D eigenvalue weighted by atomic mass is 127. The van der Waals surface area contributed by atoms with Crippen molar-refractivity contribution < 1.29 is 13.6 Å². The molecule has 0 aliphatic rings. The molecular formula is C13H7F2IO. The first-order chi connectivity index (χ1) is 8.09. The van der Waals surface area contributed by atoms with Crippen molar-refractivity contribution in [3.8, 4) is 0 Å². The van der Waals surface area contributed by atoms with Crippen molar-refractivity contribution in [2.24, 2.45) is 0 Å². The van der Waals surface area contributed by atoms with E-state index in [1.807, 2.05) is 28.7 Å². The van der Waals surface area contributed by atoms with Crippen LogP contribution in [0.15, 0.2) is 42.5 Å². The zero-order chi connectivity index (χ0) is 12.4. The zero-order valence-electron chi connectivity index (χ0n) is 8.58. The lowest BCUT2D eigenvalue weighted by molar-refractivity contribution is 0.103. The van der Waals surface area contributed by atoms with Crippen LogP contribution in [0, 0.1) is 15.2 Å². The number of carbonyl (C=O) groups excluding carboxylic acids is 1. The molecule has 0 aromatic heterocycles. The van der Waals surface area contributed by atoms with Crippen molar-refractivity contribution in [1.82, 2.24) is 0 Å². The Hall–Kier alpha value is -1.30. The Morgan fingerprint density at radius 2 is 1.71 bits per heavy atom. The summed E-state index contributed by atoms with van der Waals surface area (Å²) in [5.74, 6) is -2.28. The summed E-state index contributed by atoms with van der Waals surface area (Å²) in [6.45, 7) is 0. The van der Waals surface area contributed by atoms with E-state index in [2.05, 4.69) is 0 Å². The van der Waals surface area contributed by atoms with Gasteiger partial charge in [-0.05, 0) is 52.9 Å². The summed E-state index contributed by atoms with van der Waals surface area (Å²) in [6, 6.07) is 10.1.